The van der Waals surface area contributed by atoms with Crippen molar-refractivity contribution in [3.05, 3.63) is 23.9 Å². The van der Waals surface area contributed by atoms with Gasteiger partial charge in [-0.2, -0.15) is 0 Å². The van der Waals surface area contributed by atoms with Gasteiger partial charge in [0.05, 0.1) is 6.61 Å². The molecule has 27 heavy (non-hydrogen) atoms. The van der Waals surface area contributed by atoms with Gasteiger partial charge in [0.1, 0.15) is 6.10 Å². The molecule has 7 heteroatoms. The zero-order valence-corrected chi connectivity index (χ0v) is 18.5. The third-order valence-electron chi connectivity index (χ3n) is 6.00. The minimum atomic E-state index is 0. The Morgan fingerprint density at radius 1 is 1.41 bits per heavy atom. The van der Waals surface area contributed by atoms with Gasteiger partial charge in [-0.1, -0.05) is 6.07 Å². The van der Waals surface area contributed by atoms with Crippen LogP contribution in [0.5, 0.6) is 5.88 Å². The predicted octanol–water partition coefficient (Wildman–Crippen LogP) is 3.21. The Morgan fingerprint density at radius 3 is 3.00 bits per heavy atom. The second-order valence-electron chi connectivity index (χ2n) is 7.87. The number of rotatable bonds is 4. The van der Waals surface area contributed by atoms with Crippen molar-refractivity contribution < 1.29 is 9.47 Å². The van der Waals surface area contributed by atoms with Gasteiger partial charge in [-0.05, 0) is 44.6 Å². The standard InChI is InChI=1S/C20H30N4O2.HI/c1-21-19(24-11-8-20(14-24)9-12-25-15-20)23-13-16-5-4-10-22-18(16)26-17-6-2-3-7-17;/h4-5,10,17H,2-3,6-9,11-15H2,1H3,(H,21,23);1H. The number of aromatic nitrogens is 1. The summed E-state index contributed by atoms with van der Waals surface area (Å²) in [5.41, 5.74) is 1.43. The molecule has 0 aromatic carbocycles. The van der Waals surface area contributed by atoms with E-state index < -0.39 is 0 Å². The van der Waals surface area contributed by atoms with Crippen LogP contribution in [0.4, 0.5) is 0 Å². The lowest BCUT2D eigenvalue weighted by Gasteiger charge is -2.25. The van der Waals surface area contributed by atoms with Gasteiger partial charge in [0.15, 0.2) is 5.96 Å². The van der Waals surface area contributed by atoms with Gasteiger partial charge in [-0.25, -0.2) is 4.98 Å². The quantitative estimate of drug-likeness (QED) is 0.403. The number of hydrogen-bond acceptors (Lipinski definition) is 4. The summed E-state index contributed by atoms with van der Waals surface area (Å²) >= 11 is 0. The summed E-state index contributed by atoms with van der Waals surface area (Å²) in [7, 11) is 1.86. The first-order valence-electron chi connectivity index (χ1n) is 9.92. The van der Waals surface area contributed by atoms with Crippen LogP contribution in [0.3, 0.4) is 0 Å². The number of ether oxygens (including phenoxy) is 2. The lowest BCUT2D eigenvalue weighted by Crippen LogP contribution is -2.41. The van der Waals surface area contributed by atoms with Gasteiger partial charge in [0.25, 0.3) is 0 Å². The number of hydrogen-bond donors (Lipinski definition) is 1. The highest BCUT2D eigenvalue weighted by molar-refractivity contribution is 14.0. The van der Waals surface area contributed by atoms with Crippen molar-refractivity contribution in [1.82, 2.24) is 15.2 Å². The van der Waals surface area contributed by atoms with Gasteiger partial charge >= 0.3 is 0 Å². The highest BCUT2D eigenvalue weighted by Crippen LogP contribution is 2.38. The largest absolute Gasteiger partial charge is 0.474 e. The van der Waals surface area contributed by atoms with Crippen LogP contribution in [-0.4, -0.2) is 55.3 Å². The van der Waals surface area contributed by atoms with Gasteiger partial charge in [0, 0.05) is 50.5 Å². The number of guanidine groups is 1. The van der Waals surface area contributed by atoms with Crippen LogP contribution in [0.2, 0.25) is 0 Å². The van der Waals surface area contributed by atoms with Crippen LogP contribution in [0.1, 0.15) is 44.1 Å². The van der Waals surface area contributed by atoms with E-state index in [4.69, 9.17) is 9.47 Å². The molecule has 0 amide bonds. The monoisotopic (exact) mass is 486 g/mol. The van der Waals surface area contributed by atoms with E-state index in [1.165, 1.54) is 25.7 Å². The summed E-state index contributed by atoms with van der Waals surface area (Å²) in [4.78, 5) is 11.3. The molecule has 1 spiro atoms. The number of aliphatic imine (C=N–C) groups is 1. The van der Waals surface area contributed by atoms with Gasteiger partial charge < -0.3 is 19.7 Å². The van der Waals surface area contributed by atoms with Crippen molar-refractivity contribution >= 4 is 29.9 Å². The van der Waals surface area contributed by atoms with E-state index >= 15 is 0 Å². The molecular formula is C20H31IN4O2. The minimum absolute atomic E-state index is 0. The topological polar surface area (TPSA) is 59.0 Å². The molecule has 1 atom stereocenters. The second kappa shape index (κ2) is 9.41. The molecule has 0 bridgehead atoms. The SMILES string of the molecule is CN=C(NCc1cccnc1OC1CCCC1)N1CCC2(CCOC2)C1.I. The summed E-state index contributed by atoms with van der Waals surface area (Å²) in [6.07, 6.45) is 9.30. The summed E-state index contributed by atoms with van der Waals surface area (Å²) in [5, 5.41) is 3.51. The molecule has 2 saturated heterocycles. The zero-order chi connectivity index (χ0) is 17.8. The fourth-order valence-corrected chi connectivity index (χ4v) is 4.42. The Hall–Kier alpha value is -1.09. The van der Waals surface area contributed by atoms with Crippen LogP contribution in [0.15, 0.2) is 23.3 Å². The number of nitrogens with zero attached hydrogens (tertiary/aromatic N) is 3. The molecular weight excluding hydrogens is 455 g/mol. The summed E-state index contributed by atoms with van der Waals surface area (Å²) in [6.45, 7) is 4.55. The summed E-state index contributed by atoms with van der Waals surface area (Å²) in [6, 6.07) is 4.07. The molecule has 2 aliphatic heterocycles. The first kappa shape index (κ1) is 20.6. The van der Waals surface area contributed by atoms with Crippen LogP contribution in [0.25, 0.3) is 0 Å². The van der Waals surface area contributed by atoms with E-state index in [1.807, 2.05) is 19.3 Å². The van der Waals surface area contributed by atoms with Gasteiger partial charge in [-0.3, -0.25) is 4.99 Å². The van der Waals surface area contributed by atoms with Crippen LogP contribution in [-0.2, 0) is 11.3 Å². The molecule has 1 aromatic rings. The third kappa shape index (κ3) is 4.85. The highest BCUT2D eigenvalue weighted by atomic mass is 127. The Kier molecular flexibility index (Phi) is 7.19. The maximum atomic E-state index is 6.15. The molecule has 3 fully saturated rings. The molecule has 1 unspecified atom stereocenters. The van der Waals surface area contributed by atoms with Crippen LogP contribution >= 0.6 is 24.0 Å². The molecule has 3 heterocycles. The van der Waals surface area contributed by atoms with E-state index in [-0.39, 0.29) is 24.0 Å². The van der Waals surface area contributed by atoms with Crippen molar-refractivity contribution in [2.24, 2.45) is 10.4 Å². The molecule has 1 N–H and O–H groups in total. The summed E-state index contributed by atoms with van der Waals surface area (Å²) in [5.74, 6) is 1.73. The average Bonchev–Trinajstić information content (AvgIpc) is 3.41. The van der Waals surface area contributed by atoms with E-state index in [2.05, 4.69) is 26.3 Å². The fourth-order valence-electron chi connectivity index (χ4n) is 4.42. The second-order valence-corrected chi connectivity index (χ2v) is 7.87. The Bertz CT molecular complexity index is 643. The van der Waals surface area contributed by atoms with Crippen molar-refractivity contribution in [2.45, 2.75) is 51.2 Å². The fraction of sp³-hybridized carbons (Fsp3) is 0.700. The average molecular weight is 486 g/mol. The molecule has 4 rings (SSSR count). The number of halogens is 1. The lowest BCUT2D eigenvalue weighted by atomic mass is 9.87. The first-order chi connectivity index (χ1) is 12.8. The minimum Gasteiger partial charge on any atom is -0.474 e. The molecule has 150 valence electrons. The Morgan fingerprint density at radius 2 is 2.26 bits per heavy atom. The molecule has 1 aliphatic carbocycles. The number of nitrogens with one attached hydrogen (secondary N) is 1. The van der Waals surface area contributed by atoms with Crippen molar-refractivity contribution in [2.75, 3.05) is 33.4 Å². The van der Waals surface area contributed by atoms with E-state index in [1.54, 1.807) is 0 Å². The van der Waals surface area contributed by atoms with E-state index in [9.17, 15) is 0 Å². The van der Waals surface area contributed by atoms with E-state index in [0.29, 0.717) is 18.1 Å². The summed E-state index contributed by atoms with van der Waals surface area (Å²) < 4.78 is 11.8. The smallest absolute Gasteiger partial charge is 0.218 e. The van der Waals surface area contributed by atoms with Crippen molar-refractivity contribution in [3.8, 4) is 5.88 Å². The Labute approximate surface area is 179 Å². The first-order valence-corrected chi connectivity index (χ1v) is 9.92. The molecule has 3 aliphatic rings. The molecule has 6 nitrogen and oxygen atoms in total. The maximum Gasteiger partial charge on any atom is 0.218 e. The zero-order valence-electron chi connectivity index (χ0n) is 16.2. The molecule has 0 radical (unpaired) electrons. The third-order valence-corrected chi connectivity index (χ3v) is 6.00. The highest BCUT2D eigenvalue weighted by Gasteiger charge is 2.42. The van der Waals surface area contributed by atoms with Gasteiger partial charge in [0.2, 0.25) is 5.88 Å². The van der Waals surface area contributed by atoms with Crippen LogP contribution < -0.4 is 10.1 Å². The molecule has 1 aromatic heterocycles. The Balaban J connectivity index is 0.00000210. The lowest BCUT2D eigenvalue weighted by molar-refractivity contribution is 0.156. The normalized spacial score (nSPS) is 25.8. The van der Waals surface area contributed by atoms with E-state index in [0.717, 1.165) is 56.5 Å². The van der Waals surface area contributed by atoms with Gasteiger partial charge in [-0.15, -0.1) is 24.0 Å². The maximum absolute atomic E-state index is 6.15. The number of likely N-dealkylation sites (tertiary alicyclic amines) is 1. The predicted molar refractivity (Wildman–Crippen MR) is 117 cm³/mol. The van der Waals surface area contributed by atoms with Crippen molar-refractivity contribution in [1.29, 1.82) is 0 Å². The number of pyridine rings is 1. The van der Waals surface area contributed by atoms with Crippen LogP contribution in [0, 0.1) is 5.41 Å². The molecule has 1 saturated carbocycles. The van der Waals surface area contributed by atoms with Crippen molar-refractivity contribution in [3.63, 3.8) is 0 Å².